The summed E-state index contributed by atoms with van der Waals surface area (Å²) in [5.41, 5.74) is 0.687. The molecule has 0 aromatic heterocycles. The van der Waals surface area contributed by atoms with E-state index in [1.54, 1.807) is 0 Å². The van der Waals surface area contributed by atoms with Gasteiger partial charge in [-0.15, -0.1) is 6.42 Å². The second kappa shape index (κ2) is 2.77. The predicted molar refractivity (Wildman–Crippen MR) is 52.5 cm³/mol. The van der Waals surface area contributed by atoms with Crippen LogP contribution >= 0.6 is 11.6 Å². The van der Waals surface area contributed by atoms with E-state index in [2.05, 4.69) is 5.92 Å². The third kappa shape index (κ3) is 1.14. The number of hydrogen-bond donors (Lipinski definition) is 1. The number of aliphatic hydroxyl groups is 1. The molecule has 1 unspecified atom stereocenters. The first-order valence-electron chi connectivity index (χ1n) is 4.15. The summed E-state index contributed by atoms with van der Waals surface area (Å²) in [6, 6.07) is 5.48. The average molecular weight is 193 g/mol. The van der Waals surface area contributed by atoms with E-state index in [9.17, 15) is 5.11 Å². The summed E-state index contributed by atoms with van der Waals surface area (Å²) >= 11 is 5.97. The summed E-state index contributed by atoms with van der Waals surface area (Å²) < 4.78 is 0. The molecule has 1 aliphatic rings. The molecule has 0 radical (unpaired) electrons. The number of fused-ring (bicyclic) bond motifs is 1. The number of rotatable bonds is 0. The van der Waals surface area contributed by atoms with E-state index >= 15 is 0 Å². The Labute approximate surface area is 82.3 Å². The van der Waals surface area contributed by atoms with Gasteiger partial charge in [-0.25, -0.2) is 0 Å². The van der Waals surface area contributed by atoms with Crippen LogP contribution in [-0.4, -0.2) is 5.11 Å². The highest BCUT2D eigenvalue weighted by Crippen LogP contribution is 2.39. The fourth-order valence-electron chi connectivity index (χ4n) is 1.79. The van der Waals surface area contributed by atoms with Crippen molar-refractivity contribution >= 4 is 11.6 Å². The van der Waals surface area contributed by atoms with Crippen molar-refractivity contribution in [3.8, 4) is 12.3 Å². The Bertz CT molecular complexity index is 392. The molecular weight excluding hydrogens is 184 g/mol. The van der Waals surface area contributed by atoms with Gasteiger partial charge < -0.3 is 5.11 Å². The molecule has 2 heteroatoms. The zero-order valence-electron chi connectivity index (χ0n) is 7.05. The van der Waals surface area contributed by atoms with Crippen LogP contribution in [0.1, 0.15) is 17.5 Å². The topological polar surface area (TPSA) is 20.2 Å². The summed E-state index contributed by atoms with van der Waals surface area (Å²) in [7, 11) is 0. The fourth-order valence-corrected chi connectivity index (χ4v) is 2.06. The molecule has 2 rings (SSSR count). The second-order valence-electron chi connectivity index (χ2n) is 3.27. The average Bonchev–Trinajstić information content (AvgIpc) is 2.47. The molecule has 1 aromatic rings. The van der Waals surface area contributed by atoms with E-state index in [1.807, 2.05) is 18.2 Å². The van der Waals surface area contributed by atoms with Crippen molar-refractivity contribution in [2.75, 3.05) is 0 Å². The lowest BCUT2D eigenvalue weighted by molar-refractivity contribution is 0.103. The van der Waals surface area contributed by atoms with Crippen LogP contribution in [-0.2, 0) is 12.0 Å². The van der Waals surface area contributed by atoms with Gasteiger partial charge in [0.1, 0.15) is 0 Å². The number of hydrogen-bond acceptors (Lipinski definition) is 1. The Kier molecular flexibility index (Phi) is 1.83. The van der Waals surface area contributed by atoms with Gasteiger partial charge in [0.05, 0.1) is 0 Å². The molecule has 1 nitrogen and oxygen atoms in total. The third-order valence-electron chi connectivity index (χ3n) is 2.54. The molecule has 13 heavy (non-hydrogen) atoms. The maximum Gasteiger partial charge on any atom is 0.151 e. The van der Waals surface area contributed by atoms with Crippen LogP contribution in [0.25, 0.3) is 0 Å². The Morgan fingerprint density at radius 1 is 1.54 bits per heavy atom. The largest absolute Gasteiger partial charge is 0.373 e. The van der Waals surface area contributed by atoms with Crippen LogP contribution in [0, 0.1) is 12.3 Å². The summed E-state index contributed by atoms with van der Waals surface area (Å²) in [6.07, 6.45) is 6.62. The Morgan fingerprint density at radius 2 is 2.31 bits per heavy atom. The summed E-state index contributed by atoms with van der Waals surface area (Å²) in [5, 5.41) is 10.7. The Balaban J connectivity index is 2.63. The molecule has 1 aromatic carbocycles. The molecule has 0 heterocycles. The van der Waals surface area contributed by atoms with Crippen molar-refractivity contribution < 1.29 is 5.11 Å². The van der Waals surface area contributed by atoms with Gasteiger partial charge in [0, 0.05) is 10.6 Å². The minimum absolute atomic E-state index is 0.572. The molecule has 0 amide bonds. The zero-order chi connectivity index (χ0) is 9.47. The summed E-state index contributed by atoms with van der Waals surface area (Å²) in [6.45, 7) is 0. The highest BCUT2D eigenvalue weighted by Gasteiger charge is 2.35. The van der Waals surface area contributed by atoms with Gasteiger partial charge in [-0.05, 0) is 24.5 Å². The van der Waals surface area contributed by atoms with Crippen molar-refractivity contribution in [1.82, 2.24) is 0 Å². The van der Waals surface area contributed by atoms with Crippen molar-refractivity contribution in [3.05, 3.63) is 34.3 Å². The minimum atomic E-state index is -1.10. The molecule has 0 bridgehead atoms. The monoisotopic (exact) mass is 192 g/mol. The first-order chi connectivity index (χ1) is 6.17. The second-order valence-corrected chi connectivity index (χ2v) is 3.68. The van der Waals surface area contributed by atoms with Crippen molar-refractivity contribution in [3.63, 3.8) is 0 Å². The van der Waals surface area contributed by atoms with E-state index in [4.69, 9.17) is 18.0 Å². The van der Waals surface area contributed by atoms with E-state index in [0.29, 0.717) is 11.4 Å². The lowest BCUT2D eigenvalue weighted by atomic mass is 9.97. The minimum Gasteiger partial charge on any atom is -0.373 e. The van der Waals surface area contributed by atoms with Crippen LogP contribution < -0.4 is 0 Å². The van der Waals surface area contributed by atoms with Crippen LogP contribution in [0.4, 0.5) is 0 Å². The lowest BCUT2D eigenvalue weighted by Gasteiger charge is -2.16. The van der Waals surface area contributed by atoms with Gasteiger partial charge in [-0.2, -0.15) is 0 Å². The normalized spacial score (nSPS) is 25.3. The fraction of sp³-hybridized carbons (Fsp3) is 0.273. The van der Waals surface area contributed by atoms with Crippen LogP contribution in [0.15, 0.2) is 18.2 Å². The number of terminal acetylenes is 1. The highest BCUT2D eigenvalue weighted by atomic mass is 35.5. The van der Waals surface area contributed by atoms with Gasteiger partial charge in [0.15, 0.2) is 5.60 Å². The van der Waals surface area contributed by atoms with E-state index in [0.717, 1.165) is 17.5 Å². The quantitative estimate of drug-likeness (QED) is 0.625. The zero-order valence-corrected chi connectivity index (χ0v) is 7.80. The molecule has 66 valence electrons. The van der Waals surface area contributed by atoms with Crippen LogP contribution in [0.3, 0.4) is 0 Å². The molecule has 0 saturated heterocycles. The predicted octanol–water partition coefficient (Wildman–Crippen LogP) is 2.11. The van der Waals surface area contributed by atoms with Crippen LogP contribution in [0.2, 0.25) is 5.02 Å². The van der Waals surface area contributed by atoms with Crippen molar-refractivity contribution in [2.24, 2.45) is 0 Å². The third-order valence-corrected chi connectivity index (χ3v) is 2.89. The molecular formula is C11H9ClO. The van der Waals surface area contributed by atoms with Gasteiger partial charge in [0.2, 0.25) is 0 Å². The molecule has 1 N–H and O–H groups in total. The number of halogens is 1. The van der Waals surface area contributed by atoms with E-state index in [-0.39, 0.29) is 0 Å². The molecule has 1 aliphatic carbocycles. The van der Waals surface area contributed by atoms with E-state index < -0.39 is 5.60 Å². The van der Waals surface area contributed by atoms with Crippen LogP contribution in [0.5, 0.6) is 0 Å². The van der Waals surface area contributed by atoms with Gasteiger partial charge in [-0.3, -0.25) is 0 Å². The molecule has 1 atom stereocenters. The highest BCUT2D eigenvalue weighted by molar-refractivity contribution is 6.31. The van der Waals surface area contributed by atoms with Crippen molar-refractivity contribution in [1.29, 1.82) is 0 Å². The first kappa shape index (κ1) is 8.62. The van der Waals surface area contributed by atoms with E-state index in [1.165, 1.54) is 0 Å². The summed E-state index contributed by atoms with van der Waals surface area (Å²) in [4.78, 5) is 0. The Morgan fingerprint density at radius 3 is 3.00 bits per heavy atom. The maximum atomic E-state index is 9.98. The molecule has 0 fully saturated rings. The van der Waals surface area contributed by atoms with Crippen molar-refractivity contribution in [2.45, 2.75) is 18.4 Å². The standard InChI is InChI=1S/C11H9ClO/c1-2-11(13)7-6-8-9(11)4-3-5-10(8)12/h1,3-5,13H,6-7H2. The molecule has 0 aliphatic heterocycles. The molecule has 0 saturated carbocycles. The SMILES string of the molecule is C#CC1(O)CCc2c(Cl)cccc21. The Hall–Kier alpha value is -0.970. The van der Waals surface area contributed by atoms with Gasteiger partial charge >= 0.3 is 0 Å². The number of benzene rings is 1. The first-order valence-corrected chi connectivity index (χ1v) is 4.53. The smallest absolute Gasteiger partial charge is 0.151 e. The van der Waals surface area contributed by atoms with Gasteiger partial charge in [-0.1, -0.05) is 29.7 Å². The maximum absolute atomic E-state index is 9.98. The van der Waals surface area contributed by atoms with Gasteiger partial charge in [0.25, 0.3) is 0 Å². The molecule has 0 spiro atoms. The summed E-state index contributed by atoms with van der Waals surface area (Å²) in [5.74, 6) is 2.42. The lowest BCUT2D eigenvalue weighted by Crippen LogP contribution is -2.18.